The summed E-state index contributed by atoms with van der Waals surface area (Å²) in [5.41, 5.74) is 0. The van der Waals surface area contributed by atoms with Crippen LogP contribution in [-0.4, -0.2) is 79.4 Å². The molecule has 1 aromatic heterocycles. The Bertz CT molecular complexity index is 763. The predicted molar refractivity (Wildman–Crippen MR) is 112 cm³/mol. The van der Waals surface area contributed by atoms with Crippen molar-refractivity contribution in [3.63, 3.8) is 0 Å². The first-order chi connectivity index (χ1) is 15.2. The lowest BCUT2D eigenvalue weighted by Crippen LogP contribution is -2.68. The summed E-state index contributed by atoms with van der Waals surface area (Å²) in [6.45, 7) is 4.39. The third-order valence-corrected chi connectivity index (χ3v) is 7.26. The van der Waals surface area contributed by atoms with Crippen molar-refractivity contribution in [2.24, 2.45) is 11.8 Å². The molecule has 4 fully saturated rings. The maximum Gasteiger partial charge on any atom is 0.243 e. The van der Waals surface area contributed by atoms with Gasteiger partial charge in [-0.15, -0.1) is 0 Å². The lowest BCUT2D eigenvalue weighted by Gasteiger charge is -2.56. The molecule has 0 spiro atoms. The van der Waals surface area contributed by atoms with Gasteiger partial charge in [0.1, 0.15) is 11.8 Å². The van der Waals surface area contributed by atoms with Crippen LogP contribution >= 0.6 is 0 Å². The summed E-state index contributed by atoms with van der Waals surface area (Å²) >= 11 is 0. The minimum absolute atomic E-state index is 0.00152. The molecule has 0 saturated carbocycles. The standard InChI is InChI=1S/C23H33N3O5/c27-20-7-1-6-19-16-12-17(14-25(13-16)15-21-30-10-11-31-21)22(26(19)20)23(28)24-8-2-4-18-5-3-9-29-18/h3,5,9,16-17,19,21-22H,1-2,4,6-8,10-15H2,(H,24,28)/t16-,17+,19-,22+/m0/s1. The Morgan fingerprint density at radius 1 is 1.19 bits per heavy atom. The molecule has 4 aliphatic heterocycles. The first-order valence-corrected chi connectivity index (χ1v) is 11.8. The lowest BCUT2D eigenvalue weighted by molar-refractivity contribution is -0.162. The second-order valence-corrected chi connectivity index (χ2v) is 9.32. The van der Waals surface area contributed by atoms with Crippen LogP contribution in [0.25, 0.3) is 0 Å². The number of aryl methyl sites for hydroxylation is 1. The SMILES string of the molecule is O=C(NCCCc1ccco1)[C@H]1[C@@H]2C[C@@H](CN(CC3OCCO3)C2)[C@@H]2CCCC(=O)N21. The number of carbonyl (C=O) groups excluding carboxylic acids is 2. The average Bonchev–Trinajstić information content (AvgIpc) is 3.46. The van der Waals surface area contributed by atoms with Crippen molar-refractivity contribution in [2.75, 3.05) is 39.4 Å². The first-order valence-electron chi connectivity index (χ1n) is 11.8. The summed E-state index contributed by atoms with van der Waals surface area (Å²) in [5.74, 6) is 1.66. The van der Waals surface area contributed by atoms with Gasteiger partial charge in [-0.3, -0.25) is 14.5 Å². The van der Waals surface area contributed by atoms with Crippen molar-refractivity contribution in [3.8, 4) is 0 Å². The monoisotopic (exact) mass is 431 g/mol. The normalized spacial score (nSPS) is 31.6. The van der Waals surface area contributed by atoms with E-state index >= 15 is 0 Å². The van der Waals surface area contributed by atoms with Gasteiger partial charge in [-0.1, -0.05) is 0 Å². The van der Waals surface area contributed by atoms with E-state index in [-0.39, 0.29) is 36.1 Å². The molecule has 0 radical (unpaired) electrons. The number of nitrogens with zero attached hydrogens (tertiary/aromatic N) is 2. The minimum Gasteiger partial charge on any atom is -0.469 e. The summed E-state index contributed by atoms with van der Waals surface area (Å²) in [4.78, 5) is 30.6. The molecule has 5 heterocycles. The molecule has 0 aliphatic carbocycles. The van der Waals surface area contributed by atoms with Crippen molar-refractivity contribution in [1.29, 1.82) is 0 Å². The van der Waals surface area contributed by atoms with Gasteiger partial charge in [-0.2, -0.15) is 0 Å². The zero-order valence-corrected chi connectivity index (χ0v) is 18.0. The Morgan fingerprint density at radius 2 is 2.03 bits per heavy atom. The highest BCUT2D eigenvalue weighted by atomic mass is 16.7. The summed E-state index contributed by atoms with van der Waals surface area (Å²) in [6, 6.07) is 3.63. The number of fused-ring (bicyclic) bond motifs is 4. The first kappa shape index (κ1) is 21.0. The summed E-state index contributed by atoms with van der Waals surface area (Å²) in [7, 11) is 0. The topological polar surface area (TPSA) is 84.3 Å². The van der Waals surface area contributed by atoms with Crippen LogP contribution in [0.1, 0.15) is 37.9 Å². The third-order valence-electron chi connectivity index (χ3n) is 7.26. The van der Waals surface area contributed by atoms with E-state index in [9.17, 15) is 9.59 Å². The molecule has 2 amide bonds. The van der Waals surface area contributed by atoms with Crippen molar-refractivity contribution in [2.45, 2.75) is 56.9 Å². The summed E-state index contributed by atoms with van der Waals surface area (Å²) < 4.78 is 16.7. The highest BCUT2D eigenvalue weighted by molar-refractivity contribution is 5.89. The molecule has 0 unspecified atom stereocenters. The molecule has 4 atom stereocenters. The van der Waals surface area contributed by atoms with Gasteiger partial charge in [0.05, 0.1) is 19.5 Å². The predicted octanol–water partition coefficient (Wildman–Crippen LogP) is 1.40. The number of hydrogen-bond donors (Lipinski definition) is 1. The number of carbonyl (C=O) groups is 2. The van der Waals surface area contributed by atoms with E-state index in [0.29, 0.717) is 32.1 Å². The van der Waals surface area contributed by atoms with Gasteiger partial charge in [-0.05, 0) is 43.7 Å². The lowest BCUT2D eigenvalue weighted by atomic mass is 9.71. The molecule has 8 heteroatoms. The number of likely N-dealkylation sites (tertiary alicyclic amines) is 1. The molecule has 4 aliphatic rings. The largest absolute Gasteiger partial charge is 0.469 e. The van der Waals surface area contributed by atoms with Gasteiger partial charge in [0.2, 0.25) is 11.8 Å². The number of hydrogen-bond acceptors (Lipinski definition) is 6. The van der Waals surface area contributed by atoms with Crippen molar-refractivity contribution >= 4 is 11.8 Å². The zero-order chi connectivity index (χ0) is 21.2. The molecule has 1 N–H and O–H groups in total. The van der Waals surface area contributed by atoms with Crippen molar-refractivity contribution < 1.29 is 23.5 Å². The molecule has 1 aromatic rings. The number of amides is 2. The Hall–Kier alpha value is -1.90. The fourth-order valence-corrected chi connectivity index (χ4v) is 6.00. The van der Waals surface area contributed by atoms with E-state index in [0.717, 1.165) is 57.5 Å². The van der Waals surface area contributed by atoms with Gasteiger partial charge in [0.25, 0.3) is 0 Å². The Kier molecular flexibility index (Phi) is 6.29. The molecular formula is C23H33N3O5. The van der Waals surface area contributed by atoms with Crippen LogP contribution < -0.4 is 5.32 Å². The molecule has 0 aromatic carbocycles. The van der Waals surface area contributed by atoms with Crippen LogP contribution in [0.2, 0.25) is 0 Å². The number of nitrogens with one attached hydrogen (secondary N) is 1. The number of rotatable bonds is 7. The van der Waals surface area contributed by atoms with E-state index in [1.807, 2.05) is 17.0 Å². The Labute approximate surface area is 183 Å². The fourth-order valence-electron chi connectivity index (χ4n) is 6.00. The summed E-state index contributed by atoms with van der Waals surface area (Å²) in [6.07, 6.45) is 6.61. The molecule has 4 saturated heterocycles. The summed E-state index contributed by atoms with van der Waals surface area (Å²) in [5, 5.41) is 3.12. The van der Waals surface area contributed by atoms with E-state index in [1.54, 1.807) is 6.26 Å². The van der Waals surface area contributed by atoms with Crippen LogP contribution in [0.5, 0.6) is 0 Å². The third kappa shape index (κ3) is 4.52. The van der Waals surface area contributed by atoms with E-state index in [2.05, 4.69) is 10.2 Å². The molecular weight excluding hydrogens is 398 g/mol. The minimum atomic E-state index is -0.370. The van der Waals surface area contributed by atoms with Crippen molar-refractivity contribution in [1.82, 2.24) is 15.1 Å². The molecule has 8 nitrogen and oxygen atoms in total. The Balaban J connectivity index is 1.25. The quantitative estimate of drug-likeness (QED) is 0.657. The second kappa shape index (κ2) is 9.30. The highest BCUT2D eigenvalue weighted by Crippen LogP contribution is 2.41. The maximum absolute atomic E-state index is 13.3. The van der Waals surface area contributed by atoms with Gasteiger partial charge < -0.3 is 24.1 Å². The van der Waals surface area contributed by atoms with Gasteiger partial charge in [-0.25, -0.2) is 0 Å². The second-order valence-electron chi connectivity index (χ2n) is 9.32. The van der Waals surface area contributed by atoms with E-state index in [4.69, 9.17) is 13.9 Å². The maximum atomic E-state index is 13.3. The number of piperidine rings is 3. The zero-order valence-electron chi connectivity index (χ0n) is 18.0. The number of ether oxygens (including phenoxy) is 2. The average molecular weight is 432 g/mol. The molecule has 5 rings (SSSR count). The molecule has 170 valence electrons. The van der Waals surface area contributed by atoms with E-state index in [1.165, 1.54) is 0 Å². The van der Waals surface area contributed by atoms with Crippen molar-refractivity contribution in [3.05, 3.63) is 24.2 Å². The van der Waals surface area contributed by atoms with Crippen LogP contribution in [0.4, 0.5) is 0 Å². The fraction of sp³-hybridized carbons (Fsp3) is 0.739. The van der Waals surface area contributed by atoms with Gasteiger partial charge in [0.15, 0.2) is 6.29 Å². The van der Waals surface area contributed by atoms with Crippen LogP contribution in [0.15, 0.2) is 22.8 Å². The van der Waals surface area contributed by atoms with Crippen LogP contribution in [0.3, 0.4) is 0 Å². The van der Waals surface area contributed by atoms with Crippen LogP contribution in [-0.2, 0) is 25.5 Å². The Morgan fingerprint density at radius 3 is 2.84 bits per heavy atom. The number of furan rings is 1. The van der Waals surface area contributed by atoms with E-state index < -0.39 is 0 Å². The van der Waals surface area contributed by atoms with Gasteiger partial charge in [0, 0.05) is 51.0 Å². The smallest absolute Gasteiger partial charge is 0.243 e. The molecule has 2 bridgehead atoms. The molecule has 31 heavy (non-hydrogen) atoms. The van der Waals surface area contributed by atoms with Crippen LogP contribution in [0, 0.1) is 11.8 Å². The van der Waals surface area contributed by atoms with Gasteiger partial charge >= 0.3 is 0 Å². The highest BCUT2D eigenvalue weighted by Gasteiger charge is 2.52.